The summed E-state index contributed by atoms with van der Waals surface area (Å²) in [4.78, 5) is 0.567. The summed E-state index contributed by atoms with van der Waals surface area (Å²) < 4.78 is 28.8. The molecule has 2 aliphatic rings. The van der Waals surface area contributed by atoms with Crippen LogP contribution in [-0.4, -0.2) is 8.42 Å². The van der Waals surface area contributed by atoms with E-state index < -0.39 is 14.6 Å². The molecular weight excluding hydrogens is 330 g/mol. The fraction of sp³-hybridized carbons (Fsp3) is 0.476. The largest absolute Gasteiger partial charge is 0.223 e. The van der Waals surface area contributed by atoms with Gasteiger partial charge >= 0.3 is 0 Å². The Morgan fingerprint density at radius 2 is 1.44 bits per heavy atom. The van der Waals surface area contributed by atoms with E-state index in [9.17, 15) is 8.42 Å². The van der Waals surface area contributed by atoms with Crippen LogP contribution in [0.4, 0.5) is 0 Å². The second kappa shape index (κ2) is 4.53. The lowest BCUT2D eigenvalue weighted by atomic mass is 9.86. The highest BCUT2D eigenvalue weighted by molar-refractivity contribution is 7.92. The lowest BCUT2D eigenvalue weighted by molar-refractivity contribution is -0.679. The molecule has 0 atom stereocenters. The van der Waals surface area contributed by atoms with Gasteiger partial charge in [-0.2, -0.15) is 4.57 Å². The number of pyridine rings is 1. The Morgan fingerprint density at radius 3 is 2.04 bits per heavy atom. The molecule has 2 aliphatic heterocycles. The molecule has 0 aliphatic carbocycles. The van der Waals surface area contributed by atoms with Crippen molar-refractivity contribution in [1.29, 1.82) is 0 Å². The highest BCUT2D eigenvalue weighted by atomic mass is 32.2. The summed E-state index contributed by atoms with van der Waals surface area (Å²) in [6.07, 6.45) is 0. The van der Waals surface area contributed by atoms with Crippen LogP contribution in [0.5, 0.6) is 0 Å². The first-order valence-corrected chi connectivity index (χ1v) is 10.3. The van der Waals surface area contributed by atoms with E-state index in [0.29, 0.717) is 4.90 Å². The lowest BCUT2D eigenvalue weighted by Gasteiger charge is -2.34. The Hall–Kier alpha value is -1.68. The van der Waals surface area contributed by atoms with Crippen LogP contribution in [0, 0.1) is 41.5 Å². The topological polar surface area (TPSA) is 38.0 Å². The molecule has 0 fully saturated rings. The van der Waals surface area contributed by atoms with Gasteiger partial charge < -0.3 is 0 Å². The molecule has 4 heteroatoms. The number of nitrogens with zero attached hydrogens (tertiary/aromatic N) is 1. The molecule has 0 N–H and O–H groups in total. The van der Waals surface area contributed by atoms with Gasteiger partial charge in [-0.15, -0.1) is 0 Å². The van der Waals surface area contributed by atoms with Crippen LogP contribution in [-0.2, 0) is 21.1 Å². The van der Waals surface area contributed by atoms with Crippen molar-refractivity contribution in [2.75, 3.05) is 0 Å². The van der Waals surface area contributed by atoms with Gasteiger partial charge in [-0.05, 0) is 70.7 Å². The maximum atomic E-state index is 13.7. The number of benzene rings is 1. The summed E-state index contributed by atoms with van der Waals surface area (Å²) in [5.74, 6) is 0. The molecule has 1 aromatic carbocycles. The quantitative estimate of drug-likeness (QED) is 0.573. The first kappa shape index (κ1) is 16.8. The van der Waals surface area contributed by atoms with Crippen LogP contribution in [0.2, 0.25) is 0 Å². The second-order valence-corrected chi connectivity index (χ2v) is 10.7. The predicted octanol–water partition coefficient (Wildman–Crippen LogP) is 3.88. The molecule has 0 unspecified atom stereocenters. The van der Waals surface area contributed by atoms with Crippen molar-refractivity contribution in [3.05, 3.63) is 44.6 Å². The van der Waals surface area contributed by atoms with Crippen molar-refractivity contribution in [2.45, 2.75) is 71.6 Å². The third-order valence-corrected chi connectivity index (χ3v) is 9.53. The Balaban J connectivity index is 2.38. The van der Waals surface area contributed by atoms with Crippen LogP contribution in [0.25, 0.3) is 11.3 Å². The maximum absolute atomic E-state index is 13.7. The van der Waals surface area contributed by atoms with E-state index in [1.165, 1.54) is 22.4 Å². The van der Waals surface area contributed by atoms with E-state index in [1.807, 2.05) is 20.8 Å². The molecule has 2 aromatic rings. The van der Waals surface area contributed by atoms with Crippen LogP contribution < -0.4 is 4.57 Å². The molecule has 25 heavy (non-hydrogen) atoms. The first-order chi connectivity index (χ1) is 11.4. The third-order valence-electron chi connectivity index (χ3n) is 6.93. The van der Waals surface area contributed by atoms with E-state index in [0.717, 1.165) is 40.1 Å². The minimum Gasteiger partial charge on any atom is -0.223 e. The van der Waals surface area contributed by atoms with Gasteiger partial charge in [-0.3, -0.25) is 0 Å². The van der Waals surface area contributed by atoms with Crippen LogP contribution in [0.1, 0.15) is 58.5 Å². The van der Waals surface area contributed by atoms with Gasteiger partial charge in [0.15, 0.2) is 22.1 Å². The Bertz CT molecular complexity index is 1110. The molecule has 0 spiro atoms. The average molecular weight is 357 g/mol. The molecule has 3 heterocycles. The van der Waals surface area contributed by atoms with Crippen LogP contribution in [0.3, 0.4) is 0 Å². The number of hydrogen-bond donors (Lipinski definition) is 0. The average Bonchev–Trinajstić information content (AvgIpc) is 2.89. The zero-order valence-electron chi connectivity index (χ0n) is 16.4. The zero-order valence-corrected chi connectivity index (χ0v) is 17.2. The number of hydrogen-bond acceptors (Lipinski definition) is 2. The summed E-state index contributed by atoms with van der Waals surface area (Å²) in [7, 11) is -3.46. The lowest BCUT2D eigenvalue weighted by Crippen LogP contribution is -2.44. The van der Waals surface area contributed by atoms with E-state index in [-0.39, 0.29) is 0 Å². The smallest absolute Gasteiger partial charge is 0.219 e. The Labute approximate surface area is 150 Å². The molecule has 4 rings (SSSR count). The molecule has 0 bridgehead atoms. The van der Waals surface area contributed by atoms with Crippen molar-refractivity contribution in [2.24, 2.45) is 0 Å². The summed E-state index contributed by atoms with van der Waals surface area (Å²) in [6.45, 7) is 17.0. The molecule has 0 amide bonds. The van der Waals surface area contributed by atoms with Gasteiger partial charge in [-0.25, -0.2) is 8.42 Å². The zero-order chi connectivity index (χ0) is 18.6. The van der Waals surface area contributed by atoms with Gasteiger partial charge in [0.1, 0.15) is 4.75 Å². The predicted molar refractivity (Wildman–Crippen MR) is 99.8 cm³/mol. The van der Waals surface area contributed by atoms with Gasteiger partial charge in [0.25, 0.3) is 0 Å². The first-order valence-electron chi connectivity index (χ1n) is 8.86. The Kier molecular flexibility index (Phi) is 3.04. The van der Waals surface area contributed by atoms with Crippen molar-refractivity contribution in [3.63, 3.8) is 0 Å². The van der Waals surface area contributed by atoms with Gasteiger partial charge in [0.05, 0.1) is 10.5 Å². The standard InChI is InChI=1S/C21H26NO2S/c1-10-12(3)16-9-22-15(6)11(2)13(4)18-19(22)17(16)20(14(10)5)25(23,24)21(18,7)8/h9H2,1-8H3/q+1. The molecular formula is C21H26NO2S+. The summed E-state index contributed by atoms with van der Waals surface area (Å²) in [6, 6.07) is 0. The second-order valence-electron chi connectivity index (χ2n) is 8.22. The van der Waals surface area contributed by atoms with E-state index in [4.69, 9.17) is 0 Å². The molecule has 0 saturated carbocycles. The molecule has 0 radical (unpaired) electrons. The highest BCUT2D eigenvalue weighted by Crippen LogP contribution is 2.53. The van der Waals surface area contributed by atoms with Gasteiger partial charge in [-0.1, -0.05) is 0 Å². The maximum Gasteiger partial charge on any atom is 0.219 e. The van der Waals surface area contributed by atoms with Crippen molar-refractivity contribution < 1.29 is 13.0 Å². The fourth-order valence-electron chi connectivity index (χ4n) is 4.86. The Morgan fingerprint density at radius 1 is 0.840 bits per heavy atom. The van der Waals surface area contributed by atoms with Crippen molar-refractivity contribution in [1.82, 2.24) is 0 Å². The third kappa shape index (κ3) is 1.62. The highest BCUT2D eigenvalue weighted by Gasteiger charge is 2.54. The minimum absolute atomic E-state index is 0.567. The molecule has 1 aromatic heterocycles. The SMILES string of the molecule is Cc1c(C)c2c3c(c1C)S(=O)(=O)C(C)(C)c1c(C)c(C)c(C)[n+](c1-3)C2. The fourth-order valence-corrected chi connectivity index (χ4v) is 6.93. The van der Waals surface area contributed by atoms with Crippen molar-refractivity contribution in [3.8, 4) is 11.3 Å². The normalized spacial score (nSPS) is 18.4. The molecule has 3 nitrogen and oxygen atoms in total. The number of sulfone groups is 1. The minimum atomic E-state index is -3.46. The molecule has 0 saturated heterocycles. The van der Waals surface area contributed by atoms with Crippen molar-refractivity contribution >= 4 is 9.84 Å². The summed E-state index contributed by atoms with van der Waals surface area (Å²) in [5.41, 5.74) is 11.1. The van der Waals surface area contributed by atoms with Gasteiger partial charge in [0.2, 0.25) is 5.69 Å². The van der Waals surface area contributed by atoms with Crippen LogP contribution in [0.15, 0.2) is 4.90 Å². The van der Waals surface area contributed by atoms with E-state index in [2.05, 4.69) is 39.2 Å². The van der Waals surface area contributed by atoms with Crippen LogP contribution >= 0.6 is 0 Å². The van der Waals surface area contributed by atoms with E-state index >= 15 is 0 Å². The number of rotatable bonds is 0. The summed E-state index contributed by atoms with van der Waals surface area (Å²) >= 11 is 0. The van der Waals surface area contributed by atoms with Gasteiger partial charge in [0, 0.05) is 23.6 Å². The van der Waals surface area contributed by atoms with E-state index in [1.54, 1.807) is 0 Å². The monoisotopic (exact) mass is 356 g/mol. The summed E-state index contributed by atoms with van der Waals surface area (Å²) in [5, 5.41) is 0. The molecule has 132 valence electrons. The number of aromatic nitrogens is 1.